The van der Waals surface area contributed by atoms with Crippen molar-refractivity contribution in [1.82, 2.24) is 5.32 Å². The predicted molar refractivity (Wildman–Crippen MR) is 77.8 cm³/mol. The van der Waals surface area contributed by atoms with Crippen LogP contribution in [0.15, 0.2) is 0 Å². The first-order valence-electron chi connectivity index (χ1n) is 6.81. The number of nitrogens with one attached hydrogen (secondary N) is 1. The SMILES string of the molecule is CCC(C)C(N)C(=O)NC1CCCC(C(N)=O)C1.Cl. The molecule has 5 nitrogen and oxygen atoms in total. The Labute approximate surface area is 121 Å². The normalized spacial score (nSPS) is 25.8. The molecule has 1 aliphatic rings. The number of rotatable bonds is 5. The Balaban J connectivity index is 0.00000324. The van der Waals surface area contributed by atoms with E-state index in [1.165, 1.54) is 0 Å². The van der Waals surface area contributed by atoms with Crippen molar-refractivity contribution in [2.24, 2.45) is 23.3 Å². The van der Waals surface area contributed by atoms with E-state index in [-0.39, 0.29) is 42.1 Å². The second-order valence-electron chi connectivity index (χ2n) is 5.38. The lowest BCUT2D eigenvalue weighted by atomic mass is 9.85. The van der Waals surface area contributed by atoms with Crippen LogP contribution in [0.4, 0.5) is 0 Å². The van der Waals surface area contributed by atoms with Gasteiger partial charge in [-0.25, -0.2) is 0 Å². The maximum Gasteiger partial charge on any atom is 0.237 e. The van der Waals surface area contributed by atoms with Crippen LogP contribution in [0.2, 0.25) is 0 Å². The van der Waals surface area contributed by atoms with Crippen LogP contribution < -0.4 is 16.8 Å². The largest absolute Gasteiger partial charge is 0.369 e. The Morgan fingerprint density at radius 2 is 2.00 bits per heavy atom. The first-order valence-corrected chi connectivity index (χ1v) is 6.81. The molecular weight excluding hydrogens is 266 g/mol. The molecule has 0 spiro atoms. The van der Waals surface area contributed by atoms with E-state index in [0.29, 0.717) is 6.42 Å². The molecule has 0 saturated heterocycles. The fraction of sp³-hybridized carbons (Fsp3) is 0.846. The van der Waals surface area contributed by atoms with Crippen molar-refractivity contribution in [3.05, 3.63) is 0 Å². The topological polar surface area (TPSA) is 98.2 Å². The van der Waals surface area contributed by atoms with Crippen molar-refractivity contribution in [1.29, 1.82) is 0 Å². The number of amides is 2. The Morgan fingerprint density at radius 1 is 1.37 bits per heavy atom. The first kappa shape index (κ1) is 18.2. The lowest BCUT2D eigenvalue weighted by Gasteiger charge is -2.29. The van der Waals surface area contributed by atoms with E-state index < -0.39 is 6.04 Å². The summed E-state index contributed by atoms with van der Waals surface area (Å²) in [6.45, 7) is 3.98. The summed E-state index contributed by atoms with van der Waals surface area (Å²) in [7, 11) is 0. The zero-order chi connectivity index (χ0) is 13.7. The molecule has 0 heterocycles. The van der Waals surface area contributed by atoms with Gasteiger partial charge < -0.3 is 16.8 Å². The van der Waals surface area contributed by atoms with Gasteiger partial charge in [0.1, 0.15) is 0 Å². The molecule has 0 bridgehead atoms. The van der Waals surface area contributed by atoms with Crippen molar-refractivity contribution in [2.45, 2.75) is 58.0 Å². The summed E-state index contributed by atoms with van der Waals surface area (Å²) >= 11 is 0. The smallest absolute Gasteiger partial charge is 0.237 e. The number of carbonyl (C=O) groups is 2. The summed E-state index contributed by atoms with van der Waals surface area (Å²) in [5.41, 5.74) is 11.2. The summed E-state index contributed by atoms with van der Waals surface area (Å²) in [5.74, 6) is -0.316. The third kappa shape index (κ3) is 5.37. The summed E-state index contributed by atoms with van der Waals surface area (Å²) < 4.78 is 0. The second-order valence-corrected chi connectivity index (χ2v) is 5.38. The van der Waals surface area contributed by atoms with Crippen molar-refractivity contribution >= 4 is 24.2 Å². The molecule has 0 aromatic rings. The molecule has 19 heavy (non-hydrogen) atoms. The number of primary amides is 1. The van der Waals surface area contributed by atoms with Crippen molar-refractivity contribution < 1.29 is 9.59 Å². The third-order valence-corrected chi connectivity index (χ3v) is 3.98. The van der Waals surface area contributed by atoms with Gasteiger partial charge in [-0.15, -0.1) is 12.4 Å². The zero-order valence-corrected chi connectivity index (χ0v) is 12.5. The van der Waals surface area contributed by atoms with Gasteiger partial charge in [0.15, 0.2) is 0 Å². The van der Waals surface area contributed by atoms with E-state index in [1.54, 1.807) is 0 Å². The number of hydrogen-bond acceptors (Lipinski definition) is 3. The molecule has 5 N–H and O–H groups in total. The average Bonchev–Trinajstić information content (AvgIpc) is 2.37. The summed E-state index contributed by atoms with van der Waals surface area (Å²) in [6.07, 6.45) is 4.19. The fourth-order valence-corrected chi connectivity index (χ4v) is 2.39. The minimum Gasteiger partial charge on any atom is -0.369 e. The van der Waals surface area contributed by atoms with Crippen molar-refractivity contribution in [2.75, 3.05) is 0 Å². The van der Waals surface area contributed by atoms with Gasteiger partial charge in [0, 0.05) is 12.0 Å². The summed E-state index contributed by atoms with van der Waals surface area (Å²) in [5, 5.41) is 2.95. The zero-order valence-electron chi connectivity index (χ0n) is 11.7. The van der Waals surface area contributed by atoms with E-state index in [4.69, 9.17) is 11.5 Å². The molecule has 1 aliphatic carbocycles. The van der Waals surface area contributed by atoms with Gasteiger partial charge >= 0.3 is 0 Å². The molecule has 4 unspecified atom stereocenters. The molecule has 1 saturated carbocycles. The Kier molecular flexibility index (Phi) is 8.02. The maximum atomic E-state index is 11.9. The average molecular weight is 292 g/mol. The molecule has 2 amide bonds. The highest BCUT2D eigenvalue weighted by Gasteiger charge is 2.28. The second kappa shape index (κ2) is 8.38. The number of halogens is 1. The van der Waals surface area contributed by atoms with Gasteiger partial charge in [0.05, 0.1) is 6.04 Å². The van der Waals surface area contributed by atoms with E-state index in [0.717, 1.165) is 25.7 Å². The summed E-state index contributed by atoms with van der Waals surface area (Å²) in [4.78, 5) is 23.1. The third-order valence-electron chi connectivity index (χ3n) is 3.98. The Morgan fingerprint density at radius 3 is 2.53 bits per heavy atom. The van der Waals surface area contributed by atoms with Gasteiger partial charge in [-0.2, -0.15) is 0 Å². The molecule has 0 aromatic heterocycles. The van der Waals surface area contributed by atoms with Gasteiger partial charge in [0.25, 0.3) is 0 Å². The predicted octanol–water partition coefficient (Wildman–Crippen LogP) is 0.942. The lowest BCUT2D eigenvalue weighted by Crippen LogP contribution is -2.50. The van der Waals surface area contributed by atoms with Crippen LogP contribution in [0.25, 0.3) is 0 Å². The van der Waals surface area contributed by atoms with Gasteiger partial charge in [-0.3, -0.25) is 9.59 Å². The Hall–Kier alpha value is -0.810. The first-order chi connectivity index (χ1) is 8.45. The number of hydrogen-bond donors (Lipinski definition) is 3. The molecule has 112 valence electrons. The van der Waals surface area contributed by atoms with E-state index in [2.05, 4.69) is 5.32 Å². The molecular formula is C13H26ClN3O2. The van der Waals surface area contributed by atoms with Gasteiger partial charge in [0.2, 0.25) is 11.8 Å². The van der Waals surface area contributed by atoms with E-state index in [1.807, 2.05) is 13.8 Å². The van der Waals surface area contributed by atoms with Crippen LogP contribution in [0.1, 0.15) is 46.0 Å². The minimum atomic E-state index is -0.469. The van der Waals surface area contributed by atoms with E-state index in [9.17, 15) is 9.59 Å². The number of carbonyl (C=O) groups excluding carboxylic acids is 2. The molecule has 1 fully saturated rings. The molecule has 0 aromatic carbocycles. The standard InChI is InChI=1S/C13H25N3O2.ClH/c1-3-8(2)11(14)13(18)16-10-6-4-5-9(7-10)12(15)17;/h8-11H,3-7,14H2,1-2H3,(H2,15,17)(H,16,18);1H. The van der Waals surface area contributed by atoms with Crippen LogP contribution in [-0.2, 0) is 9.59 Å². The number of nitrogens with two attached hydrogens (primary N) is 2. The van der Waals surface area contributed by atoms with Crippen LogP contribution in [0, 0.1) is 11.8 Å². The highest BCUT2D eigenvalue weighted by Crippen LogP contribution is 2.24. The van der Waals surface area contributed by atoms with Gasteiger partial charge in [-0.05, 0) is 25.2 Å². The quantitative estimate of drug-likeness (QED) is 0.703. The van der Waals surface area contributed by atoms with Crippen molar-refractivity contribution in [3.63, 3.8) is 0 Å². The highest BCUT2D eigenvalue weighted by molar-refractivity contribution is 5.85. The van der Waals surface area contributed by atoms with Crippen LogP contribution in [-0.4, -0.2) is 23.9 Å². The maximum absolute atomic E-state index is 11.9. The fourth-order valence-electron chi connectivity index (χ4n) is 2.39. The van der Waals surface area contributed by atoms with Crippen LogP contribution >= 0.6 is 12.4 Å². The molecule has 6 heteroatoms. The minimum absolute atomic E-state index is 0. The van der Waals surface area contributed by atoms with Crippen LogP contribution in [0.5, 0.6) is 0 Å². The molecule has 0 aliphatic heterocycles. The molecule has 1 rings (SSSR count). The summed E-state index contributed by atoms with van der Waals surface area (Å²) in [6, 6.07) is -0.428. The molecule has 4 atom stereocenters. The van der Waals surface area contributed by atoms with Crippen LogP contribution in [0.3, 0.4) is 0 Å². The molecule has 0 radical (unpaired) electrons. The highest BCUT2D eigenvalue weighted by atomic mass is 35.5. The lowest BCUT2D eigenvalue weighted by molar-refractivity contribution is -0.126. The monoisotopic (exact) mass is 291 g/mol. The van der Waals surface area contributed by atoms with E-state index >= 15 is 0 Å². The van der Waals surface area contributed by atoms with Crippen molar-refractivity contribution in [3.8, 4) is 0 Å². The van der Waals surface area contributed by atoms with Gasteiger partial charge in [-0.1, -0.05) is 26.7 Å². The Bertz CT molecular complexity index is 312.